The van der Waals surface area contributed by atoms with Gasteiger partial charge < -0.3 is 4.74 Å². The molecule has 0 aliphatic heterocycles. The number of rotatable bonds is 1. The number of fused-ring (bicyclic) bond motifs is 1. The van der Waals surface area contributed by atoms with E-state index in [1.165, 1.54) is 0 Å². The lowest BCUT2D eigenvalue weighted by Crippen LogP contribution is -1.89. The summed E-state index contributed by atoms with van der Waals surface area (Å²) < 4.78 is 5.00. The summed E-state index contributed by atoms with van der Waals surface area (Å²) in [6, 6.07) is 11.3. The molecule has 0 fully saturated rings. The van der Waals surface area contributed by atoms with Gasteiger partial charge in [0, 0.05) is 11.5 Å². The first kappa shape index (κ1) is 8.52. The molecule has 0 amide bonds. The minimum absolute atomic E-state index is 0.528. The smallest absolute Gasteiger partial charge is 0.213 e. The highest BCUT2D eigenvalue weighted by Gasteiger charge is 2.02. The second-order valence-electron chi connectivity index (χ2n) is 2.84. The van der Waals surface area contributed by atoms with Gasteiger partial charge in [0.05, 0.1) is 18.2 Å². The van der Waals surface area contributed by atoms with Crippen molar-refractivity contribution in [2.24, 2.45) is 0 Å². The number of nitriles is 1. The van der Waals surface area contributed by atoms with Gasteiger partial charge in [-0.25, -0.2) is 4.98 Å². The molecule has 0 spiro atoms. The van der Waals surface area contributed by atoms with Crippen LogP contribution in [0.3, 0.4) is 0 Å². The van der Waals surface area contributed by atoms with E-state index in [-0.39, 0.29) is 0 Å². The minimum atomic E-state index is 0.528. The van der Waals surface area contributed by atoms with E-state index in [4.69, 9.17) is 10.00 Å². The molecule has 2 aromatic rings. The average molecular weight is 184 g/mol. The number of hydrogen-bond donors (Lipinski definition) is 0. The molecule has 0 radical (unpaired) electrons. The maximum atomic E-state index is 8.87. The molecule has 3 nitrogen and oxygen atoms in total. The zero-order chi connectivity index (χ0) is 9.97. The third-order valence-corrected chi connectivity index (χ3v) is 2.02. The molecule has 0 saturated heterocycles. The van der Waals surface area contributed by atoms with Crippen LogP contribution in [0.15, 0.2) is 30.3 Å². The van der Waals surface area contributed by atoms with Crippen LogP contribution in [0.2, 0.25) is 0 Å². The number of para-hydroxylation sites is 1. The Bertz CT molecular complexity index is 514. The van der Waals surface area contributed by atoms with Crippen LogP contribution in [0.1, 0.15) is 5.56 Å². The number of aromatic nitrogens is 1. The fourth-order valence-corrected chi connectivity index (χ4v) is 1.33. The summed E-state index contributed by atoms with van der Waals surface area (Å²) in [6.07, 6.45) is 0. The zero-order valence-corrected chi connectivity index (χ0v) is 7.69. The molecule has 0 bridgehead atoms. The van der Waals surface area contributed by atoms with E-state index in [1.54, 1.807) is 19.2 Å². The Balaban J connectivity index is 2.78. The van der Waals surface area contributed by atoms with Crippen LogP contribution in [0.4, 0.5) is 0 Å². The van der Waals surface area contributed by atoms with Crippen LogP contribution < -0.4 is 4.74 Å². The summed E-state index contributed by atoms with van der Waals surface area (Å²) in [5.41, 5.74) is 1.26. The summed E-state index contributed by atoms with van der Waals surface area (Å²) in [4.78, 5) is 4.22. The number of pyridine rings is 1. The van der Waals surface area contributed by atoms with Gasteiger partial charge in [0.25, 0.3) is 0 Å². The Hall–Kier alpha value is -2.08. The van der Waals surface area contributed by atoms with Gasteiger partial charge in [-0.1, -0.05) is 12.1 Å². The van der Waals surface area contributed by atoms with E-state index < -0.39 is 0 Å². The summed E-state index contributed by atoms with van der Waals surface area (Å²) >= 11 is 0. The number of methoxy groups -OCH3 is 1. The van der Waals surface area contributed by atoms with Crippen LogP contribution in [0.5, 0.6) is 5.88 Å². The predicted molar refractivity (Wildman–Crippen MR) is 53.0 cm³/mol. The fraction of sp³-hybridized carbons (Fsp3) is 0.0909. The standard InChI is InChI=1S/C11H8N2O/c1-14-10-6-5-8-3-2-4-9(7-12)11(8)13-10/h2-6H,1H3. The largest absolute Gasteiger partial charge is 0.481 e. The van der Waals surface area contributed by atoms with E-state index in [9.17, 15) is 0 Å². The Morgan fingerprint density at radius 3 is 2.86 bits per heavy atom. The second-order valence-corrected chi connectivity index (χ2v) is 2.84. The molecule has 2 rings (SSSR count). The van der Waals surface area contributed by atoms with Crippen molar-refractivity contribution in [3.63, 3.8) is 0 Å². The Morgan fingerprint density at radius 1 is 1.29 bits per heavy atom. The van der Waals surface area contributed by atoms with Crippen molar-refractivity contribution in [1.82, 2.24) is 4.98 Å². The Labute approximate surface area is 81.6 Å². The Kier molecular flexibility index (Phi) is 2.04. The quantitative estimate of drug-likeness (QED) is 0.681. The maximum Gasteiger partial charge on any atom is 0.213 e. The van der Waals surface area contributed by atoms with Crippen molar-refractivity contribution < 1.29 is 4.74 Å². The van der Waals surface area contributed by atoms with E-state index in [2.05, 4.69) is 11.1 Å². The van der Waals surface area contributed by atoms with Gasteiger partial charge in [0.1, 0.15) is 6.07 Å². The van der Waals surface area contributed by atoms with Crippen LogP contribution in [0, 0.1) is 11.3 Å². The van der Waals surface area contributed by atoms with Gasteiger partial charge in [-0.3, -0.25) is 0 Å². The van der Waals surface area contributed by atoms with Gasteiger partial charge in [-0.05, 0) is 12.1 Å². The van der Waals surface area contributed by atoms with Gasteiger partial charge in [-0.2, -0.15) is 5.26 Å². The molecule has 1 heterocycles. The van der Waals surface area contributed by atoms with Crippen LogP contribution in [-0.2, 0) is 0 Å². The van der Waals surface area contributed by atoms with Crippen molar-refractivity contribution in [2.45, 2.75) is 0 Å². The highest BCUT2D eigenvalue weighted by Crippen LogP contribution is 2.19. The molecule has 0 saturated carbocycles. The molecule has 0 aliphatic rings. The molecule has 3 heteroatoms. The van der Waals surface area contributed by atoms with Crippen LogP contribution in [0.25, 0.3) is 10.9 Å². The normalized spacial score (nSPS) is 9.71. The van der Waals surface area contributed by atoms with E-state index in [1.807, 2.05) is 18.2 Å². The second kappa shape index (κ2) is 3.35. The van der Waals surface area contributed by atoms with E-state index >= 15 is 0 Å². The SMILES string of the molecule is COc1ccc2cccc(C#N)c2n1. The van der Waals surface area contributed by atoms with Crippen LogP contribution >= 0.6 is 0 Å². The molecular formula is C11H8N2O. The average Bonchev–Trinajstić information content (AvgIpc) is 2.27. The fourth-order valence-electron chi connectivity index (χ4n) is 1.33. The monoisotopic (exact) mass is 184 g/mol. The van der Waals surface area contributed by atoms with Gasteiger partial charge in [0.15, 0.2) is 0 Å². The van der Waals surface area contributed by atoms with E-state index in [0.29, 0.717) is 17.0 Å². The molecule has 1 aromatic heterocycles. The topological polar surface area (TPSA) is 45.9 Å². The lowest BCUT2D eigenvalue weighted by Gasteiger charge is -2.01. The highest BCUT2D eigenvalue weighted by molar-refractivity contribution is 5.84. The molecule has 0 aliphatic carbocycles. The zero-order valence-electron chi connectivity index (χ0n) is 7.69. The van der Waals surface area contributed by atoms with Crippen molar-refractivity contribution in [3.05, 3.63) is 35.9 Å². The maximum absolute atomic E-state index is 8.87. The summed E-state index contributed by atoms with van der Waals surface area (Å²) in [7, 11) is 1.56. The Morgan fingerprint density at radius 2 is 2.14 bits per heavy atom. The number of hydrogen-bond acceptors (Lipinski definition) is 3. The summed E-state index contributed by atoms with van der Waals surface area (Å²) in [5.74, 6) is 0.528. The third kappa shape index (κ3) is 1.27. The molecule has 0 atom stereocenters. The number of nitrogens with zero attached hydrogens (tertiary/aromatic N) is 2. The molecule has 68 valence electrons. The van der Waals surface area contributed by atoms with Gasteiger partial charge >= 0.3 is 0 Å². The van der Waals surface area contributed by atoms with Crippen molar-refractivity contribution in [2.75, 3.05) is 7.11 Å². The van der Waals surface area contributed by atoms with Crippen LogP contribution in [-0.4, -0.2) is 12.1 Å². The first-order valence-electron chi connectivity index (χ1n) is 4.19. The summed E-state index contributed by atoms with van der Waals surface area (Å²) in [6.45, 7) is 0. The van der Waals surface area contributed by atoms with Gasteiger partial charge in [0.2, 0.25) is 5.88 Å². The molecular weight excluding hydrogens is 176 g/mol. The lowest BCUT2D eigenvalue weighted by atomic mass is 10.1. The lowest BCUT2D eigenvalue weighted by molar-refractivity contribution is 0.399. The first-order chi connectivity index (χ1) is 6.85. The molecule has 0 N–H and O–H groups in total. The molecule has 14 heavy (non-hydrogen) atoms. The highest BCUT2D eigenvalue weighted by atomic mass is 16.5. The van der Waals surface area contributed by atoms with Crippen molar-refractivity contribution >= 4 is 10.9 Å². The minimum Gasteiger partial charge on any atom is -0.481 e. The molecule has 0 unspecified atom stereocenters. The molecule has 1 aromatic carbocycles. The predicted octanol–water partition coefficient (Wildman–Crippen LogP) is 2.12. The van der Waals surface area contributed by atoms with Gasteiger partial charge in [-0.15, -0.1) is 0 Å². The number of benzene rings is 1. The van der Waals surface area contributed by atoms with Crippen molar-refractivity contribution in [3.8, 4) is 11.9 Å². The number of ether oxygens (including phenoxy) is 1. The third-order valence-electron chi connectivity index (χ3n) is 2.02. The summed E-state index contributed by atoms with van der Waals surface area (Å²) in [5, 5.41) is 9.82. The van der Waals surface area contributed by atoms with E-state index in [0.717, 1.165) is 5.39 Å². The first-order valence-corrected chi connectivity index (χ1v) is 4.19. The van der Waals surface area contributed by atoms with Crippen molar-refractivity contribution in [1.29, 1.82) is 5.26 Å².